The highest BCUT2D eigenvalue weighted by atomic mass is 16.5. The zero-order valence-electron chi connectivity index (χ0n) is 12.5. The van der Waals surface area contributed by atoms with Crippen LogP contribution in [0.2, 0.25) is 0 Å². The average Bonchev–Trinajstić information content (AvgIpc) is 3.13. The molecule has 0 aromatic carbocycles. The lowest BCUT2D eigenvalue weighted by molar-refractivity contribution is -0.152. The summed E-state index contributed by atoms with van der Waals surface area (Å²) < 4.78 is 10.0. The first-order valence-electron chi connectivity index (χ1n) is 6.98. The summed E-state index contributed by atoms with van der Waals surface area (Å²) in [7, 11) is 0. The SMILES string of the molecule is CC(=O)NNC(=O)COC(=O)[C@@H]1CC(=O)N(Cc2ccco2)C1. The largest absolute Gasteiger partial charge is 0.467 e. The molecule has 1 aliphatic heterocycles. The number of carbonyl (C=O) groups excluding carboxylic acids is 4. The fourth-order valence-electron chi connectivity index (χ4n) is 2.12. The normalized spacial score (nSPS) is 17.0. The molecular formula is C14H17N3O6. The van der Waals surface area contributed by atoms with Gasteiger partial charge in [0.05, 0.1) is 18.7 Å². The Bertz CT molecular complexity index is 598. The maximum absolute atomic E-state index is 11.9. The number of ether oxygens (including phenoxy) is 1. The van der Waals surface area contributed by atoms with E-state index in [9.17, 15) is 19.2 Å². The molecule has 23 heavy (non-hydrogen) atoms. The summed E-state index contributed by atoms with van der Waals surface area (Å²) >= 11 is 0. The van der Waals surface area contributed by atoms with Crippen LogP contribution in [-0.4, -0.2) is 41.7 Å². The molecule has 1 aromatic heterocycles. The molecule has 0 saturated carbocycles. The van der Waals surface area contributed by atoms with E-state index in [1.807, 2.05) is 0 Å². The van der Waals surface area contributed by atoms with Crippen LogP contribution < -0.4 is 10.9 Å². The zero-order chi connectivity index (χ0) is 16.8. The lowest BCUT2D eigenvalue weighted by Crippen LogP contribution is -2.42. The van der Waals surface area contributed by atoms with Crippen molar-refractivity contribution in [3.8, 4) is 0 Å². The minimum atomic E-state index is -0.662. The summed E-state index contributed by atoms with van der Waals surface area (Å²) in [4.78, 5) is 47.2. The summed E-state index contributed by atoms with van der Waals surface area (Å²) in [5, 5.41) is 0. The van der Waals surface area contributed by atoms with Crippen molar-refractivity contribution in [2.75, 3.05) is 13.2 Å². The summed E-state index contributed by atoms with van der Waals surface area (Å²) in [6.45, 7) is 1.20. The van der Waals surface area contributed by atoms with E-state index in [0.29, 0.717) is 12.3 Å². The average molecular weight is 323 g/mol. The monoisotopic (exact) mass is 323 g/mol. The van der Waals surface area contributed by atoms with Crippen molar-refractivity contribution >= 4 is 23.7 Å². The van der Waals surface area contributed by atoms with E-state index >= 15 is 0 Å². The van der Waals surface area contributed by atoms with Crippen LogP contribution in [0.1, 0.15) is 19.1 Å². The number of hydrazine groups is 1. The fraction of sp³-hybridized carbons (Fsp3) is 0.429. The van der Waals surface area contributed by atoms with Crippen LogP contribution in [-0.2, 0) is 30.5 Å². The molecule has 0 unspecified atom stereocenters. The molecular weight excluding hydrogens is 306 g/mol. The molecule has 0 spiro atoms. The minimum Gasteiger partial charge on any atom is -0.467 e. The van der Waals surface area contributed by atoms with Gasteiger partial charge in [0.1, 0.15) is 5.76 Å². The van der Waals surface area contributed by atoms with Crippen molar-refractivity contribution < 1.29 is 28.3 Å². The van der Waals surface area contributed by atoms with Crippen LogP contribution in [0.3, 0.4) is 0 Å². The molecule has 1 saturated heterocycles. The molecule has 0 radical (unpaired) electrons. The van der Waals surface area contributed by atoms with Gasteiger partial charge in [-0.25, -0.2) is 0 Å². The van der Waals surface area contributed by atoms with Crippen molar-refractivity contribution in [1.82, 2.24) is 15.8 Å². The van der Waals surface area contributed by atoms with Crippen molar-refractivity contribution in [3.05, 3.63) is 24.2 Å². The van der Waals surface area contributed by atoms with Gasteiger partial charge in [0.2, 0.25) is 11.8 Å². The first kappa shape index (κ1) is 16.5. The number of nitrogens with one attached hydrogen (secondary N) is 2. The van der Waals surface area contributed by atoms with Gasteiger partial charge < -0.3 is 14.1 Å². The van der Waals surface area contributed by atoms with Crippen LogP contribution >= 0.6 is 0 Å². The number of rotatable bonds is 5. The van der Waals surface area contributed by atoms with Gasteiger partial charge in [-0.3, -0.25) is 30.0 Å². The Labute approximate surface area is 131 Å². The molecule has 9 nitrogen and oxygen atoms in total. The Kier molecular flexibility index (Phi) is 5.34. The van der Waals surface area contributed by atoms with Crippen LogP contribution in [0.4, 0.5) is 0 Å². The standard InChI is InChI=1S/C14H17N3O6/c1-9(18)15-16-12(19)8-23-14(21)10-5-13(20)17(6-10)7-11-3-2-4-22-11/h2-4,10H,5-8H2,1H3,(H,15,18)(H,16,19)/t10-/m1/s1. The van der Waals surface area contributed by atoms with Gasteiger partial charge in [0.25, 0.3) is 5.91 Å². The van der Waals surface area contributed by atoms with Crippen LogP contribution in [0.25, 0.3) is 0 Å². The second kappa shape index (κ2) is 7.43. The number of hydrogen-bond donors (Lipinski definition) is 2. The molecule has 124 valence electrons. The fourth-order valence-corrected chi connectivity index (χ4v) is 2.12. The van der Waals surface area contributed by atoms with Crippen LogP contribution in [0.5, 0.6) is 0 Å². The van der Waals surface area contributed by atoms with E-state index in [1.165, 1.54) is 18.1 Å². The van der Waals surface area contributed by atoms with Gasteiger partial charge in [0, 0.05) is 19.9 Å². The second-order valence-electron chi connectivity index (χ2n) is 5.09. The molecule has 1 atom stereocenters. The van der Waals surface area contributed by atoms with Gasteiger partial charge in [-0.2, -0.15) is 0 Å². The lowest BCUT2D eigenvalue weighted by Gasteiger charge is -2.14. The predicted octanol–water partition coefficient (Wildman–Crippen LogP) is -0.661. The van der Waals surface area contributed by atoms with E-state index < -0.39 is 30.3 Å². The van der Waals surface area contributed by atoms with E-state index in [-0.39, 0.29) is 18.9 Å². The molecule has 2 heterocycles. The van der Waals surface area contributed by atoms with Crippen molar-refractivity contribution in [3.63, 3.8) is 0 Å². The molecule has 0 bridgehead atoms. The van der Waals surface area contributed by atoms with Gasteiger partial charge in [-0.15, -0.1) is 0 Å². The zero-order valence-corrected chi connectivity index (χ0v) is 12.5. The quantitative estimate of drug-likeness (QED) is 0.548. The number of hydrogen-bond acceptors (Lipinski definition) is 6. The number of amides is 3. The van der Waals surface area contributed by atoms with Gasteiger partial charge >= 0.3 is 5.97 Å². The molecule has 9 heteroatoms. The van der Waals surface area contributed by atoms with Gasteiger partial charge in [-0.1, -0.05) is 0 Å². The summed E-state index contributed by atoms with van der Waals surface area (Å²) in [5.74, 6) is -1.90. The van der Waals surface area contributed by atoms with Gasteiger partial charge in [0.15, 0.2) is 6.61 Å². The minimum absolute atomic E-state index is 0.0346. The molecule has 0 aliphatic carbocycles. The first-order valence-corrected chi connectivity index (χ1v) is 6.98. The Morgan fingerprint density at radius 2 is 2.17 bits per heavy atom. The first-order chi connectivity index (χ1) is 11.0. The number of nitrogens with zero attached hydrogens (tertiary/aromatic N) is 1. The molecule has 2 rings (SSSR count). The molecule has 1 aliphatic rings. The molecule has 2 N–H and O–H groups in total. The number of furan rings is 1. The van der Waals surface area contributed by atoms with Crippen molar-refractivity contribution in [2.45, 2.75) is 19.9 Å². The molecule has 3 amide bonds. The van der Waals surface area contributed by atoms with Crippen molar-refractivity contribution in [2.24, 2.45) is 5.92 Å². The topological polar surface area (TPSA) is 118 Å². The number of esters is 1. The predicted molar refractivity (Wildman–Crippen MR) is 75.2 cm³/mol. The van der Waals surface area contributed by atoms with E-state index in [4.69, 9.17) is 9.15 Å². The Morgan fingerprint density at radius 1 is 1.39 bits per heavy atom. The maximum atomic E-state index is 11.9. The third-order valence-corrected chi connectivity index (χ3v) is 3.20. The Balaban J connectivity index is 1.76. The third kappa shape index (κ3) is 4.83. The Morgan fingerprint density at radius 3 is 2.83 bits per heavy atom. The smallest absolute Gasteiger partial charge is 0.311 e. The summed E-state index contributed by atoms with van der Waals surface area (Å²) in [5.41, 5.74) is 4.14. The number of likely N-dealkylation sites (tertiary alicyclic amines) is 1. The third-order valence-electron chi connectivity index (χ3n) is 3.20. The highest BCUT2D eigenvalue weighted by Gasteiger charge is 2.35. The van der Waals surface area contributed by atoms with Crippen molar-refractivity contribution in [1.29, 1.82) is 0 Å². The van der Waals surface area contributed by atoms with E-state index in [2.05, 4.69) is 10.9 Å². The van der Waals surface area contributed by atoms with E-state index in [1.54, 1.807) is 12.1 Å². The lowest BCUT2D eigenvalue weighted by atomic mass is 10.1. The highest BCUT2D eigenvalue weighted by Crippen LogP contribution is 2.21. The highest BCUT2D eigenvalue weighted by molar-refractivity contribution is 5.88. The van der Waals surface area contributed by atoms with Crippen LogP contribution in [0, 0.1) is 5.92 Å². The second-order valence-corrected chi connectivity index (χ2v) is 5.09. The van der Waals surface area contributed by atoms with E-state index in [0.717, 1.165) is 0 Å². The Hall–Kier alpha value is -2.84. The maximum Gasteiger partial charge on any atom is 0.311 e. The summed E-state index contributed by atoms with van der Waals surface area (Å²) in [6.07, 6.45) is 1.54. The van der Waals surface area contributed by atoms with Gasteiger partial charge in [-0.05, 0) is 12.1 Å². The van der Waals surface area contributed by atoms with Crippen LogP contribution in [0.15, 0.2) is 22.8 Å². The summed E-state index contributed by atoms with van der Waals surface area (Å²) in [6, 6.07) is 3.46. The molecule has 1 fully saturated rings. The molecule has 1 aromatic rings. The number of carbonyl (C=O) groups is 4.